The van der Waals surface area contributed by atoms with Crippen molar-refractivity contribution in [2.75, 3.05) is 25.1 Å². The molecule has 0 bridgehead atoms. The van der Waals surface area contributed by atoms with E-state index in [2.05, 4.69) is 27.8 Å². The predicted octanol–water partition coefficient (Wildman–Crippen LogP) is 3.12. The lowest BCUT2D eigenvalue weighted by atomic mass is 9.95. The summed E-state index contributed by atoms with van der Waals surface area (Å²) in [7, 11) is 1.76. The summed E-state index contributed by atoms with van der Waals surface area (Å²) < 4.78 is 6.51. The summed E-state index contributed by atoms with van der Waals surface area (Å²) in [5.74, 6) is 0.568. The van der Waals surface area contributed by atoms with E-state index in [1.165, 1.54) is 0 Å². The Morgan fingerprint density at radius 1 is 1.50 bits per heavy atom. The Hall–Kier alpha value is -0.870. The lowest BCUT2D eigenvalue weighted by Gasteiger charge is -2.38. The highest BCUT2D eigenvalue weighted by molar-refractivity contribution is 9.10. The molecule has 1 aromatic rings. The molecule has 98 valence electrons. The van der Waals surface area contributed by atoms with E-state index in [4.69, 9.17) is 4.74 Å². The molecule has 0 N–H and O–H groups in total. The zero-order valence-corrected chi connectivity index (χ0v) is 12.3. The molecule has 0 saturated carbocycles. The van der Waals surface area contributed by atoms with Gasteiger partial charge in [-0.25, -0.2) is 0 Å². The lowest BCUT2D eigenvalue weighted by Crippen LogP contribution is -2.44. The third kappa shape index (κ3) is 2.75. The monoisotopic (exact) mass is 311 g/mol. The van der Waals surface area contributed by atoms with Gasteiger partial charge in [-0.2, -0.15) is 0 Å². The van der Waals surface area contributed by atoms with E-state index in [-0.39, 0.29) is 6.10 Å². The van der Waals surface area contributed by atoms with Gasteiger partial charge in [-0.15, -0.1) is 0 Å². The number of benzene rings is 1. The zero-order chi connectivity index (χ0) is 13.1. The summed E-state index contributed by atoms with van der Waals surface area (Å²) in [5, 5.41) is 0. The topological polar surface area (TPSA) is 29.5 Å². The Bertz CT molecular complexity index is 436. The number of anilines is 1. The third-order valence-electron chi connectivity index (χ3n) is 3.65. The van der Waals surface area contributed by atoms with Crippen LogP contribution in [0.1, 0.15) is 23.7 Å². The van der Waals surface area contributed by atoms with E-state index < -0.39 is 0 Å². The largest absolute Gasteiger partial charge is 0.379 e. The highest BCUT2D eigenvalue weighted by atomic mass is 79.9. The van der Waals surface area contributed by atoms with Crippen LogP contribution < -0.4 is 4.90 Å². The number of rotatable bonds is 3. The second kappa shape index (κ2) is 5.85. The Labute approximate surface area is 116 Å². The summed E-state index contributed by atoms with van der Waals surface area (Å²) in [6, 6.07) is 5.76. The van der Waals surface area contributed by atoms with Crippen molar-refractivity contribution >= 4 is 27.9 Å². The van der Waals surface area contributed by atoms with Gasteiger partial charge in [-0.1, -0.05) is 22.9 Å². The average Bonchev–Trinajstić information content (AvgIpc) is 2.39. The molecule has 0 amide bonds. The minimum Gasteiger partial charge on any atom is -0.379 e. The first kappa shape index (κ1) is 13.6. The van der Waals surface area contributed by atoms with Gasteiger partial charge in [-0.05, 0) is 30.5 Å². The van der Waals surface area contributed by atoms with Crippen LogP contribution >= 0.6 is 15.9 Å². The minimum atomic E-state index is 0.234. The fourth-order valence-corrected chi connectivity index (χ4v) is 2.80. The fourth-order valence-electron chi connectivity index (χ4n) is 2.45. The molecule has 0 radical (unpaired) electrons. The molecule has 0 aromatic heterocycles. The predicted molar refractivity (Wildman–Crippen MR) is 76.3 cm³/mol. The number of aldehydes is 1. The minimum absolute atomic E-state index is 0.234. The summed E-state index contributed by atoms with van der Waals surface area (Å²) in [5.41, 5.74) is 1.73. The molecular formula is C14H18BrNO2. The molecule has 0 aliphatic carbocycles. The van der Waals surface area contributed by atoms with Crippen molar-refractivity contribution in [2.24, 2.45) is 5.92 Å². The maximum Gasteiger partial charge on any atom is 0.152 e. The van der Waals surface area contributed by atoms with Crippen molar-refractivity contribution in [3.05, 3.63) is 28.2 Å². The standard InChI is InChI=1S/C14H18BrNO2/c1-10-5-6-16(8-14(10)18-2)13-7-12(15)4-3-11(13)9-17/h3-4,7,9-10,14H,5-6,8H2,1-2H3. The van der Waals surface area contributed by atoms with Crippen LogP contribution in [0.4, 0.5) is 5.69 Å². The molecule has 18 heavy (non-hydrogen) atoms. The van der Waals surface area contributed by atoms with Crippen LogP contribution in [0.15, 0.2) is 22.7 Å². The summed E-state index contributed by atoms with van der Waals surface area (Å²) in [6.07, 6.45) is 2.24. The van der Waals surface area contributed by atoms with E-state index in [1.807, 2.05) is 18.2 Å². The number of methoxy groups -OCH3 is 1. The summed E-state index contributed by atoms with van der Waals surface area (Å²) in [4.78, 5) is 13.4. The fraction of sp³-hybridized carbons (Fsp3) is 0.500. The molecule has 1 saturated heterocycles. The maximum absolute atomic E-state index is 11.1. The summed E-state index contributed by atoms with van der Waals surface area (Å²) in [6.45, 7) is 4.03. The Morgan fingerprint density at radius 2 is 2.28 bits per heavy atom. The second-order valence-electron chi connectivity index (χ2n) is 4.81. The number of nitrogens with zero attached hydrogens (tertiary/aromatic N) is 1. The number of carbonyl (C=O) groups is 1. The molecule has 2 rings (SSSR count). The molecule has 1 heterocycles. The Balaban J connectivity index is 2.26. The second-order valence-corrected chi connectivity index (χ2v) is 5.72. The first-order valence-corrected chi connectivity index (χ1v) is 6.97. The van der Waals surface area contributed by atoms with Crippen molar-refractivity contribution in [3.8, 4) is 0 Å². The normalized spacial score (nSPS) is 24.1. The van der Waals surface area contributed by atoms with Gasteiger partial charge in [0.1, 0.15) is 0 Å². The smallest absolute Gasteiger partial charge is 0.152 e. The first-order valence-electron chi connectivity index (χ1n) is 6.18. The van der Waals surface area contributed by atoms with Crippen molar-refractivity contribution in [1.82, 2.24) is 0 Å². The molecule has 3 nitrogen and oxygen atoms in total. The van der Waals surface area contributed by atoms with Crippen molar-refractivity contribution in [1.29, 1.82) is 0 Å². The lowest BCUT2D eigenvalue weighted by molar-refractivity contribution is 0.0498. The molecule has 2 atom stereocenters. The number of piperidine rings is 1. The molecule has 2 unspecified atom stereocenters. The Kier molecular flexibility index (Phi) is 4.40. The summed E-state index contributed by atoms with van der Waals surface area (Å²) >= 11 is 3.46. The van der Waals surface area contributed by atoms with E-state index in [0.717, 1.165) is 41.5 Å². The first-order chi connectivity index (χ1) is 8.65. The van der Waals surface area contributed by atoms with Gasteiger partial charge in [-0.3, -0.25) is 4.79 Å². The van der Waals surface area contributed by atoms with Gasteiger partial charge in [0.15, 0.2) is 6.29 Å². The third-order valence-corrected chi connectivity index (χ3v) is 4.15. The zero-order valence-electron chi connectivity index (χ0n) is 10.7. The van der Waals surface area contributed by atoms with Crippen LogP contribution in [-0.2, 0) is 4.74 Å². The van der Waals surface area contributed by atoms with Gasteiger partial charge in [0, 0.05) is 35.9 Å². The highest BCUT2D eigenvalue weighted by Gasteiger charge is 2.27. The highest BCUT2D eigenvalue weighted by Crippen LogP contribution is 2.29. The molecule has 4 heteroatoms. The average molecular weight is 312 g/mol. The number of halogens is 1. The Morgan fingerprint density at radius 3 is 2.94 bits per heavy atom. The van der Waals surface area contributed by atoms with Gasteiger partial charge in [0.2, 0.25) is 0 Å². The number of hydrogen-bond acceptors (Lipinski definition) is 3. The molecular weight excluding hydrogens is 294 g/mol. The van der Waals surface area contributed by atoms with E-state index >= 15 is 0 Å². The van der Waals surface area contributed by atoms with Gasteiger partial charge < -0.3 is 9.64 Å². The number of ether oxygens (including phenoxy) is 1. The van der Waals surface area contributed by atoms with E-state index in [9.17, 15) is 4.79 Å². The number of carbonyl (C=O) groups excluding carboxylic acids is 1. The molecule has 1 fully saturated rings. The molecule has 1 aromatic carbocycles. The molecule has 1 aliphatic rings. The van der Waals surface area contributed by atoms with Gasteiger partial charge in [0.25, 0.3) is 0 Å². The van der Waals surface area contributed by atoms with E-state index in [1.54, 1.807) is 7.11 Å². The van der Waals surface area contributed by atoms with Crippen LogP contribution in [0.3, 0.4) is 0 Å². The van der Waals surface area contributed by atoms with Crippen molar-refractivity contribution < 1.29 is 9.53 Å². The number of hydrogen-bond donors (Lipinski definition) is 0. The SMILES string of the molecule is COC1CN(c2cc(Br)ccc2C=O)CCC1C. The maximum atomic E-state index is 11.1. The van der Waals surface area contributed by atoms with Crippen molar-refractivity contribution in [2.45, 2.75) is 19.4 Å². The quantitative estimate of drug-likeness (QED) is 0.803. The molecule has 0 spiro atoms. The van der Waals surface area contributed by atoms with Gasteiger partial charge >= 0.3 is 0 Å². The van der Waals surface area contributed by atoms with Crippen LogP contribution in [0.2, 0.25) is 0 Å². The van der Waals surface area contributed by atoms with Crippen LogP contribution in [0.5, 0.6) is 0 Å². The van der Waals surface area contributed by atoms with Crippen molar-refractivity contribution in [3.63, 3.8) is 0 Å². The van der Waals surface area contributed by atoms with Gasteiger partial charge in [0.05, 0.1) is 6.10 Å². The van der Waals surface area contributed by atoms with Crippen LogP contribution in [0, 0.1) is 5.92 Å². The molecule has 1 aliphatic heterocycles. The van der Waals surface area contributed by atoms with Crippen LogP contribution in [-0.4, -0.2) is 32.6 Å². The van der Waals surface area contributed by atoms with Crippen LogP contribution in [0.25, 0.3) is 0 Å². The van der Waals surface area contributed by atoms with E-state index in [0.29, 0.717) is 5.92 Å².